The maximum Gasteiger partial charge on any atom is 0.150 e. The first-order chi connectivity index (χ1) is 9.56. The molecule has 0 atom stereocenters. The van der Waals surface area contributed by atoms with Crippen molar-refractivity contribution in [2.75, 3.05) is 5.32 Å². The fraction of sp³-hybridized carbons (Fsp3) is 0.0667. The van der Waals surface area contributed by atoms with Gasteiger partial charge in [0.2, 0.25) is 0 Å². The highest BCUT2D eigenvalue weighted by molar-refractivity contribution is 5.69. The molecule has 0 radical (unpaired) electrons. The van der Waals surface area contributed by atoms with Crippen LogP contribution >= 0.6 is 0 Å². The molecule has 2 aromatic carbocycles. The van der Waals surface area contributed by atoms with Crippen LogP contribution in [0.2, 0.25) is 0 Å². The highest BCUT2D eigenvalue weighted by atomic mass is 19.1. The fourth-order valence-electron chi connectivity index (χ4n) is 1.81. The Kier molecular flexibility index (Phi) is 3.63. The predicted octanol–water partition coefficient (Wildman–Crippen LogP) is 3.76. The Balaban J connectivity index is 2.50. The van der Waals surface area contributed by atoms with Crippen molar-refractivity contribution in [3.8, 4) is 12.1 Å². The molecule has 0 aliphatic heterocycles. The van der Waals surface area contributed by atoms with Crippen molar-refractivity contribution in [3.63, 3.8) is 0 Å². The molecule has 98 valence electrons. The van der Waals surface area contributed by atoms with Crippen LogP contribution in [0.5, 0.6) is 0 Å². The average molecular weight is 269 g/mol. The number of aryl methyl sites for hydroxylation is 1. The van der Waals surface area contributed by atoms with Gasteiger partial charge < -0.3 is 5.32 Å². The van der Waals surface area contributed by atoms with E-state index in [0.29, 0.717) is 16.8 Å². The molecule has 5 heteroatoms. The number of halogens is 2. The second-order valence-electron chi connectivity index (χ2n) is 4.16. The molecule has 0 bridgehead atoms. The molecule has 0 unspecified atom stereocenters. The fourth-order valence-corrected chi connectivity index (χ4v) is 1.81. The third-order valence-corrected chi connectivity index (χ3v) is 2.82. The van der Waals surface area contributed by atoms with Crippen LogP contribution in [0.1, 0.15) is 16.7 Å². The van der Waals surface area contributed by atoms with Crippen molar-refractivity contribution >= 4 is 11.4 Å². The van der Waals surface area contributed by atoms with Crippen LogP contribution in [0.4, 0.5) is 20.2 Å². The monoisotopic (exact) mass is 269 g/mol. The molecule has 20 heavy (non-hydrogen) atoms. The lowest BCUT2D eigenvalue weighted by molar-refractivity contribution is 0.590. The SMILES string of the molecule is Cc1cccc(Nc2c(F)cc(C#N)cc2F)c1C#N. The van der Waals surface area contributed by atoms with Gasteiger partial charge in [-0.1, -0.05) is 12.1 Å². The van der Waals surface area contributed by atoms with Crippen LogP contribution in [-0.2, 0) is 0 Å². The summed E-state index contributed by atoms with van der Waals surface area (Å²) < 4.78 is 27.6. The molecule has 0 saturated carbocycles. The maximum absolute atomic E-state index is 13.8. The Hall–Kier alpha value is -2.92. The topological polar surface area (TPSA) is 59.6 Å². The summed E-state index contributed by atoms with van der Waals surface area (Å²) in [5.74, 6) is -1.76. The number of nitrogens with one attached hydrogen (secondary N) is 1. The summed E-state index contributed by atoms with van der Waals surface area (Å²) in [6.07, 6.45) is 0. The van der Waals surface area contributed by atoms with Gasteiger partial charge in [0.25, 0.3) is 0 Å². The van der Waals surface area contributed by atoms with Gasteiger partial charge in [-0.3, -0.25) is 0 Å². The van der Waals surface area contributed by atoms with E-state index in [-0.39, 0.29) is 11.3 Å². The second-order valence-corrected chi connectivity index (χ2v) is 4.16. The third kappa shape index (κ3) is 2.43. The second kappa shape index (κ2) is 5.38. The summed E-state index contributed by atoms with van der Waals surface area (Å²) >= 11 is 0. The number of hydrogen-bond donors (Lipinski definition) is 1. The molecule has 1 N–H and O–H groups in total. The Morgan fingerprint density at radius 2 is 1.70 bits per heavy atom. The van der Waals surface area contributed by atoms with Crippen molar-refractivity contribution < 1.29 is 8.78 Å². The van der Waals surface area contributed by atoms with Gasteiger partial charge in [-0.05, 0) is 30.7 Å². The molecular formula is C15H9F2N3. The average Bonchev–Trinajstić information content (AvgIpc) is 2.42. The molecule has 0 aromatic heterocycles. The Labute approximate surface area is 114 Å². The van der Waals surface area contributed by atoms with Gasteiger partial charge in [-0.25, -0.2) is 8.78 Å². The molecule has 2 rings (SSSR count). The van der Waals surface area contributed by atoms with E-state index >= 15 is 0 Å². The number of benzene rings is 2. The first-order valence-corrected chi connectivity index (χ1v) is 5.72. The quantitative estimate of drug-likeness (QED) is 0.902. The zero-order valence-corrected chi connectivity index (χ0v) is 10.5. The first-order valence-electron chi connectivity index (χ1n) is 5.72. The minimum Gasteiger partial charge on any atom is -0.350 e. The standard InChI is InChI=1S/C15H9F2N3/c1-9-3-2-4-14(11(9)8-19)20-15-12(16)5-10(7-18)6-13(15)17/h2-6,20H,1H3. The van der Waals surface area contributed by atoms with Crippen LogP contribution in [0, 0.1) is 41.2 Å². The van der Waals surface area contributed by atoms with Crippen LogP contribution in [0.25, 0.3) is 0 Å². The van der Waals surface area contributed by atoms with Gasteiger partial charge in [-0.2, -0.15) is 10.5 Å². The normalized spacial score (nSPS) is 9.65. The van der Waals surface area contributed by atoms with E-state index in [1.54, 1.807) is 31.2 Å². The van der Waals surface area contributed by atoms with Crippen LogP contribution in [0.3, 0.4) is 0 Å². The first kappa shape index (κ1) is 13.5. The molecular weight excluding hydrogens is 260 g/mol. The number of nitriles is 2. The van der Waals surface area contributed by atoms with Gasteiger partial charge in [-0.15, -0.1) is 0 Å². The minimum atomic E-state index is -0.882. The molecule has 3 nitrogen and oxygen atoms in total. The van der Waals surface area contributed by atoms with Crippen molar-refractivity contribution in [2.45, 2.75) is 6.92 Å². The van der Waals surface area contributed by atoms with E-state index in [4.69, 9.17) is 10.5 Å². The lowest BCUT2D eigenvalue weighted by Gasteiger charge is -2.11. The third-order valence-electron chi connectivity index (χ3n) is 2.82. The van der Waals surface area contributed by atoms with Crippen molar-refractivity contribution in [1.29, 1.82) is 10.5 Å². The predicted molar refractivity (Wildman–Crippen MR) is 70.2 cm³/mol. The zero-order chi connectivity index (χ0) is 14.7. The highest BCUT2D eigenvalue weighted by Gasteiger charge is 2.13. The molecule has 0 amide bonds. The summed E-state index contributed by atoms with van der Waals surface area (Å²) in [5, 5.41) is 20.3. The van der Waals surface area contributed by atoms with E-state index in [1.807, 2.05) is 6.07 Å². The van der Waals surface area contributed by atoms with Crippen molar-refractivity contribution in [2.24, 2.45) is 0 Å². The highest BCUT2D eigenvalue weighted by Crippen LogP contribution is 2.27. The molecule has 0 fully saturated rings. The van der Waals surface area contributed by atoms with Crippen LogP contribution in [-0.4, -0.2) is 0 Å². The largest absolute Gasteiger partial charge is 0.350 e. The van der Waals surface area contributed by atoms with Crippen LogP contribution in [0.15, 0.2) is 30.3 Å². The Bertz CT molecular complexity index is 732. The number of nitrogens with zero attached hydrogens (tertiary/aromatic N) is 2. The Morgan fingerprint density at radius 3 is 2.25 bits per heavy atom. The van der Waals surface area contributed by atoms with E-state index in [2.05, 4.69) is 5.32 Å². The van der Waals surface area contributed by atoms with E-state index in [0.717, 1.165) is 12.1 Å². The molecule has 0 heterocycles. The number of rotatable bonds is 2. The van der Waals surface area contributed by atoms with E-state index in [1.165, 1.54) is 0 Å². The van der Waals surface area contributed by atoms with Crippen molar-refractivity contribution in [1.82, 2.24) is 0 Å². The summed E-state index contributed by atoms with van der Waals surface area (Å²) in [6.45, 7) is 1.73. The van der Waals surface area contributed by atoms with Crippen molar-refractivity contribution in [3.05, 3.63) is 58.7 Å². The molecule has 0 aliphatic rings. The van der Waals surface area contributed by atoms with E-state index in [9.17, 15) is 8.78 Å². The van der Waals surface area contributed by atoms with Gasteiger partial charge in [0.15, 0.2) is 11.6 Å². The summed E-state index contributed by atoms with van der Waals surface area (Å²) in [6, 6.07) is 10.5. The number of hydrogen-bond acceptors (Lipinski definition) is 3. The lowest BCUT2D eigenvalue weighted by atomic mass is 10.1. The summed E-state index contributed by atoms with van der Waals surface area (Å²) in [5.41, 5.74) is 0.846. The minimum absolute atomic E-state index is 0.102. The van der Waals surface area contributed by atoms with Crippen LogP contribution < -0.4 is 5.32 Å². The van der Waals surface area contributed by atoms with E-state index < -0.39 is 11.6 Å². The molecule has 0 spiro atoms. The Morgan fingerprint density at radius 1 is 1.05 bits per heavy atom. The van der Waals surface area contributed by atoms with Gasteiger partial charge in [0.05, 0.1) is 22.9 Å². The summed E-state index contributed by atoms with van der Waals surface area (Å²) in [7, 11) is 0. The molecule has 2 aromatic rings. The number of anilines is 2. The zero-order valence-electron chi connectivity index (χ0n) is 10.5. The molecule has 0 aliphatic carbocycles. The van der Waals surface area contributed by atoms with Gasteiger partial charge in [0.1, 0.15) is 11.8 Å². The lowest BCUT2D eigenvalue weighted by Crippen LogP contribution is -2.01. The smallest absolute Gasteiger partial charge is 0.150 e. The molecule has 0 saturated heterocycles. The van der Waals surface area contributed by atoms with Gasteiger partial charge >= 0.3 is 0 Å². The maximum atomic E-state index is 13.8. The van der Waals surface area contributed by atoms with Gasteiger partial charge in [0, 0.05) is 0 Å². The summed E-state index contributed by atoms with van der Waals surface area (Å²) in [4.78, 5) is 0.